The van der Waals surface area contributed by atoms with Crippen molar-refractivity contribution in [2.45, 2.75) is 20.0 Å². The third kappa shape index (κ3) is 2.98. The van der Waals surface area contributed by atoms with Gasteiger partial charge in [-0.2, -0.15) is 23.5 Å². The lowest BCUT2D eigenvalue weighted by molar-refractivity contribution is -0.141. The summed E-state index contributed by atoms with van der Waals surface area (Å²) in [6, 6.07) is 11.0. The van der Waals surface area contributed by atoms with Crippen LogP contribution in [0.5, 0.6) is 0 Å². The number of aryl methyl sites for hydroxylation is 2. The first-order valence-corrected chi connectivity index (χ1v) is 7.41. The third-order valence-corrected chi connectivity index (χ3v) is 3.95. The summed E-state index contributed by atoms with van der Waals surface area (Å²) < 4.78 is 38.8. The van der Waals surface area contributed by atoms with E-state index in [1.54, 1.807) is 18.3 Å². The van der Waals surface area contributed by atoms with Gasteiger partial charge in [0.05, 0.1) is 5.69 Å². The van der Waals surface area contributed by atoms with Crippen LogP contribution in [0.3, 0.4) is 0 Å². The number of hydrogen-bond acceptors (Lipinski definition) is 3. The number of rotatable bonds is 2. The molecule has 0 aliphatic heterocycles. The second kappa shape index (κ2) is 6.06. The number of nitriles is 1. The van der Waals surface area contributed by atoms with E-state index in [1.165, 1.54) is 0 Å². The number of aromatic nitrogens is 3. The molecule has 0 radical (unpaired) electrons. The van der Waals surface area contributed by atoms with E-state index >= 15 is 0 Å². The minimum absolute atomic E-state index is 0.103. The second-order valence-corrected chi connectivity index (χ2v) is 5.63. The van der Waals surface area contributed by atoms with Gasteiger partial charge in [-0.25, -0.2) is 0 Å². The lowest BCUT2D eigenvalue weighted by Crippen LogP contribution is -2.07. The maximum Gasteiger partial charge on any atom is 0.434 e. The van der Waals surface area contributed by atoms with Crippen LogP contribution in [-0.4, -0.2) is 15.2 Å². The predicted molar refractivity (Wildman–Crippen MR) is 86.4 cm³/mol. The summed E-state index contributed by atoms with van der Waals surface area (Å²) in [6.07, 6.45) is -3.08. The van der Waals surface area contributed by atoms with Crippen LogP contribution in [0, 0.1) is 25.2 Å². The Balaban J connectivity index is 2.10. The van der Waals surface area contributed by atoms with E-state index in [2.05, 4.69) is 10.1 Å². The zero-order chi connectivity index (χ0) is 18.2. The Morgan fingerprint density at radius 3 is 2.40 bits per heavy atom. The molecule has 7 heteroatoms. The molecule has 0 amide bonds. The van der Waals surface area contributed by atoms with E-state index in [0.717, 1.165) is 22.3 Å². The second-order valence-electron chi connectivity index (χ2n) is 5.63. The molecule has 0 unspecified atom stereocenters. The molecule has 4 nitrogen and oxygen atoms in total. The Hall–Kier alpha value is -3.14. The molecule has 2 aromatic heterocycles. The van der Waals surface area contributed by atoms with Crippen LogP contribution in [0.4, 0.5) is 13.2 Å². The van der Waals surface area contributed by atoms with E-state index in [9.17, 15) is 13.2 Å². The standard InChI is InChI=1S/C18H13F3N4/c1-10-5-3-4-6-12(10)14-9-23-15(7-11(14)2)16-13(8-22)17(25-24-16)18(19,20)21/h3-7,9H,1-2H3,(H,24,25). The molecule has 0 saturated carbocycles. The smallest absolute Gasteiger partial charge is 0.272 e. The molecule has 0 aliphatic carbocycles. The van der Waals surface area contributed by atoms with Crippen LogP contribution in [0.25, 0.3) is 22.5 Å². The van der Waals surface area contributed by atoms with Crippen LogP contribution in [-0.2, 0) is 6.18 Å². The molecule has 1 N–H and O–H groups in total. The van der Waals surface area contributed by atoms with Gasteiger partial charge in [-0.1, -0.05) is 24.3 Å². The number of pyridine rings is 1. The molecule has 0 bridgehead atoms. The molecule has 0 atom stereocenters. The number of halogens is 3. The van der Waals surface area contributed by atoms with E-state index in [0.29, 0.717) is 0 Å². The Bertz CT molecular complexity index is 981. The van der Waals surface area contributed by atoms with Crippen molar-refractivity contribution in [3.05, 3.63) is 58.9 Å². The van der Waals surface area contributed by atoms with Gasteiger partial charge in [-0.05, 0) is 36.6 Å². The number of benzene rings is 1. The molecule has 0 fully saturated rings. The number of nitrogens with one attached hydrogen (secondary N) is 1. The molecule has 0 aliphatic rings. The number of alkyl halides is 3. The van der Waals surface area contributed by atoms with Crippen LogP contribution in [0.2, 0.25) is 0 Å². The summed E-state index contributed by atoms with van der Waals surface area (Å²) in [5, 5.41) is 14.7. The summed E-state index contributed by atoms with van der Waals surface area (Å²) >= 11 is 0. The van der Waals surface area contributed by atoms with Gasteiger partial charge < -0.3 is 0 Å². The Morgan fingerprint density at radius 2 is 1.80 bits per heavy atom. The van der Waals surface area contributed by atoms with Crippen molar-refractivity contribution in [1.82, 2.24) is 15.2 Å². The summed E-state index contributed by atoms with van der Waals surface area (Å²) in [7, 11) is 0. The zero-order valence-electron chi connectivity index (χ0n) is 13.4. The minimum Gasteiger partial charge on any atom is -0.272 e. The molecular formula is C18H13F3N4. The first-order chi connectivity index (χ1) is 11.8. The molecular weight excluding hydrogens is 329 g/mol. The van der Waals surface area contributed by atoms with Crippen LogP contribution >= 0.6 is 0 Å². The Morgan fingerprint density at radius 1 is 1.08 bits per heavy atom. The van der Waals surface area contributed by atoms with Gasteiger partial charge >= 0.3 is 6.18 Å². The quantitative estimate of drug-likeness (QED) is 0.737. The normalized spacial score (nSPS) is 11.4. The largest absolute Gasteiger partial charge is 0.434 e. The van der Waals surface area contributed by atoms with Crippen molar-refractivity contribution in [1.29, 1.82) is 5.26 Å². The van der Waals surface area contributed by atoms with E-state index < -0.39 is 17.4 Å². The molecule has 126 valence electrons. The van der Waals surface area contributed by atoms with Crippen LogP contribution < -0.4 is 0 Å². The number of aromatic amines is 1. The van der Waals surface area contributed by atoms with Crippen molar-refractivity contribution in [2.75, 3.05) is 0 Å². The molecule has 1 aromatic carbocycles. The van der Waals surface area contributed by atoms with Crippen molar-refractivity contribution >= 4 is 0 Å². The van der Waals surface area contributed by atoms with Gasteiger partial charge in [-0.3, -0.25) is 10.1 Å². The lowest BCUT2D eigenvalue weighted by Gasteiger charge is -2.10. The maximum absolute atomic E-state index is 12.9. The van der Waals surface area contributed by atoms with E-state index in [1.807, 2.05) is 43.2 Å². The van der Waals surface area contributed by atoms with Gasteiger partial charge in [0.15, 0.2) is 5.69 Å². The number of H-pyrrole nitrogens is 1. The summed E-state index contributed by atoms with van der Waals surface area (Å²) in [4.78, 5) is 4.23. The molecule has 3 aromatic rings. The van der Waals surface area contributed by atoms with Gasteiger partial charge in [0.2, 0.25) is 0 Å². The fourth-order valence-corrected chi connectivity index (χ4v) is 2.68. The molecule has 0 saturated heterocycles. The highest BCUT2D eigenvalue weighted by molar-refractivity contribution is 5.73. The Labute approximate surface area is 142 Å². The molecule has 3 rings (SSSR count). The van der Waals surface area contributed by atoms with Crippen LogP contribution in [0.1, 0.15) is 22.4 Å². The summed E-state index contributed by atoms with van der Waals surface area (Å²) in [5.41, 5.74) is 2.18. The molecule has 0 spiro atoms. The number of hydrogen-bond donors (Lipinski definition) is 1. The van der Waals surface area contributed by atoms with Crippen molar-refractivity contribution in [3.63, 3.8) is 0 Å². The SMILES string of the molecule is Cc1ccccc1-c1cnc(-c2n[nH]c(C(F)(F)F)c2C#N)cc1C. The predicted octanol–water partition coefficient (Wildman–Crippen LogP) is 4.65. The van der Waals surface area contributed by atoms with Crippen molar-refractivity contribution in [3.8, 4) is 28.6 Å². The average molecular weight is 342 g/mol. The van der Waals surface area contributed by atoms with Crippen LogP contribution in [0.15, 0.2) is 36.5 Å². The fraction of sp³-hybridized carbons (Fsp3) is 0.167. The topological polar surface area (TPSA) is 65.4 Å². The van der Waals surface area contributed by atoms with Gasteiger partial charge in [0, 0.05) is 11.8 Å². The van der Waals surface area contributed by atoms with Crippen molar-refractivity contribution in [2.24, 2.45) is 0 Å². The highest BCUT2D eigenvalue weighted by atomic mass is 19.4. The van der Waals surface area contributed by atoms with Gasteiger partial charge in [-0.15, -0.1) is 0 Å². The lowest BCUT2D eigenvalue weighted by atomic mass is 9.97. The minimum atomic E-state index is -4.67. The summed E-state index contributed by atoms with van der Waals surface area (Å²) in [5.74, 6) is 0. The highest BCUT2D eigenvalue weighted by Gasteiger charge is 2.38. The summed E-state index contributed by atoms with van der Waals surface area (Å²) in [6.45, 7) is 3.82. The first kappa shape index (κ1) is 16.7. The molecule has 2 heterocycles. The zero-order valence-corrected chi connectivity index (χ0v) is 13.4. The van der Waals surface area contributed by atoms with E-state index in [-0.39, 0.29) is 11.4 Å². The highest BCUT2D eigenvalue weighted by Crippen LogP contribution is 2.35. The number of nitrogens with zero attached hydrogens (tertiary/aromatic N) is 3. The molecule has 25 heavy (non-hydrogen) atoms. The first-order valence-electron chi connectivity index (χ1n) is 7.41. The van der Waals surface area contributed by atoms with E-state index in [4.69, 9.17) is 5.26 Å². The Kier molecular flexibility index (Phi) is 4.05. The van der Waals surface area contributed by atoms with Crippen molar-refractivity contribution < 1.29 is 13.2 Å². The monoisotopic (exact) mass is 342 g/mol. The average Bonchev–Trinajstić information content (AvgIpc) is 3.00. The van der Waals surface area contributed by atoms with Gasteiger partial charge in [0.25, 0.3) is 0 Å². The fourth-order valence-electron chi connectivity index (χ4n) is 2.68. The van der Waals surface area contributed by atoms with Gasteiger partial charge in [0.1, 0.15) is 17.3 Å². The maximum atomic E-state index is 12.9. The third-order valence-electron chi connectivity index (χ3n) is 3.95.